The summed E-state index contributed by atoms with van der Waals surface area (Å²) in [7, 11) is 3.52. The molecule has 0 amide bonds. The molecule has 3 N–H and O–H groups in total. The molecule has 0 saturated heterocycles. The highest BCUT2D eigenvalue weighted by atomic mass is 16.5. The van der Waals surface area contributed by atoms with Gasteiger partial charge in [-0.25, -0.2) is 0 Å². The summed E-state index contributed by atoms with van der Waals surface area (Å²) in [5.41, 5.74) is 0. The lowest BCUT2D eigenvalue weighted by Crippen LogP contribution is -2.24. The van der Waals surface area contributed by atoms with Crippen LogP contribution in [0.2, 0.25) is 0 Å². The van der Waals surface area contributed by atoms with Gasteiger partial charge in [0.05, 0.1) is 7.11 Å². The summed E-state index contributed by atoms with van der Waals surface area (Å²) in [6, 6.07) is 0.173. The number of ether oxygens (including phenoxy) is 1. The lowest BCUT2D eigenvalue weighted by molar-refractivity contribution is 0.375. The zero-order chi connectivity index (χ0) is 12.1. The first kappa shape index (κ1) is 15.2. The van der Waals surface area contributed by atoms with Gasteiger partial charge in [-0.2, -0.15) is 0 Å². The van der Waals surface area contributed by atoms with Crippen molar-refractivity contribution >= 4 is 6.02 Å². The number of methoxy groups -OCH3 is 1. The lowest BCUT2D eigenvalue weighted by Gasteiger charge is -2.05. The Hall–Kier alpha value is -0.770. The maximum atomic E-state index is 7.21. The van der Waals surface area contributed by atoms with Crippen molar-refractivity contribution < 1.29 is 4.74 Å². The Labute approximate surface area is 99.7 Å². The standard InChI is InChI=1S/C12H27N3O/c1-14-10-8-6-4-3-5-7-9-11-15-12(13)16-2/h14H,3-11H2,1-2H3,(H2,13,15). The molecule has 0 aliphatic rings. The first-order valence-corrected chi connectivity index (χ1v) is 6.32. The van der Waals surface area contributed by atoms with E-state index in [4.69, 9.17) is 10.1 Å². The van der Waals surface area contributed by atoms with E-state index in [-0.39, 0.29) is 6.02 Å². The fourth-order valence-electron chi connectivity index (χ4n) is 1.58. The van der Waals surface area contributed by atoms with Crippen molar-refractivity contribution in [2.24, 2.45) is 0 Å². The smallest absolute Gasteiger partial charge is 0.281 e. The molecule has 0 saturated carbocycles. The van der Waals surface area contributed by atoms with Gasteiger partial charge in [0.2, 0.25) is 0 Å². The summed E-state index contributed by atoms with van der Waals surface area (Å²) in [6.07, 6.45) is 9.00. The van der Waals surface area contributed by atoms with Gasteiger partial charge in [-0.3, -0.25) is 5.41 Å². The van der Waals surface area contributed by atoms with Crippen molar-refractivity contribution in [2.45, 2.75) is 44.9 Å². The van der Waals surface area contributed by atoms with Crippen LogP contribution in [-0.2, 0) is 4.74 Å². The molecule has 0 aromatic heterocycles. The fraction of sp³-hybridized carbons (Fsp3) is 0.917. The van der Waals surface area contributed by atoms with Crippen LogP contribution in [0, 0.1) is 5.41 Å². The minimum Gasteiger partial charge on any atom is -0.469 e. The van der Waals surface area contributed by atoms with Crippen LogP contribution < -0.4 is 10.6 Å². The molecule has 0 aliphatic carbocycles. The molecule has 0 fully saturated rings. The summed E-state index contributed by atoms with van der Waals surface area (Å²) in [6.45, 7) is 2.00. The summed E-state index contributed by atoms with van der Waals surface area (Å²) in [5.74, 6) is 0. The van der Waals surface area contributed by atoms with Gasteiger partial charge in [-0.05, 0) is 26.4 Å². The highest BCUT2D eigenvalue weighted by Gasteiger charge is 1.94. The molecule has 0 rings (SSSR count). The van der Waals surface area contributed by atoms with Crippen molar-refractivity contribution in [3.63, 3.8) is 0 Å². The highest BCUT2D eigenvalue weighted by molar-refractivity contribution is 5.69. The molecule has 0 aromatic carbocycles. The molecule has 0 heterocycles. The molecule has 0 bridgehead atoms. The van der Waals surface area contributed by atoms with Gasteiger partial charge in [0.1, 0.15) is 0 Å². The van der Waals surface area contributed by atoms with E-state index in [2.05, 4.69) is 10.6 Å². The first-order chi connectivity index (χ1) is 7.81. The van der Waals surface area contributed by atoms with Crippen LogP contribution in [0.25, 0.3) is 0 Å². The number of amidine groups is 1. The van der Waals surface area contributed by atoms with E-state index in [1.807, 2.05) is 7.05 Å². The van der Waals surface area contributed by atoms with E-state index in [9.17, 15) is 0 Å². The van der Waals surface area contributed by atoms with Gasteiger partial charge in [0.25, 0.3) is 6.02 Å². The predicted molar refractivity (Wildman–Crippen MR) is 69.0 cm³/mol. The van der Waals surface area contributed by atoms with Gasteiger partial charge in [-0.15, -0.1) is 0 Å². The third-order valence-corrected chi connectivity index (χ3v) is 2.59. The Morgan fingerprint density at radius 3 is 1.94 bits per heavy atom. The largest absolute Gasteiger partial charge is 0.469 e. The second kappa shape index (κ2) is 12.3. The predicted octanol–water partition coefficient (Wildman–Crippen LogP) is 2.11. The molecule has 4 heteroatoms. The number of unbranched alkanes of at least 4 members (excludes halogenated alkanes) is 6. The van der Waals surface area contributed by atoms with Crippen LogP contribution in [0.3, 0.4) is 0 Å². The number of hydrogen-bond donors (Lipinski definition) is 3. The number of hydrogen-bond acceptors (Lipinski definition) is 3. The minimum absolute atomic E-state index is 0.173. The van der Waals surface area contributed by atoms with E-state index in [1.54, 1.807) is 0 Å². The van der Waals surface area contributed by atoms with Crippen molar-refractivity contribution in [1.82, 2.24) is 10.6 Å². The monoisotopic (exact) mass is 229 g/mol. The quantitative estimate of drug-likeness (QED) is 0.305. The normalized spacial score (nSPS) is 10.1. The third-order valence-electron chi connectivity index (χ3n) is 2.59. The zero-order valence-corrected chi connectivity index (χ0v) is 10.8. The van der Waals surface area contributed by atoms with E-state index in [0.29, 0.717) is 0 Å². The van der Waals surface area contributed by atoms with Crippen molar-refractivity contribution in [2.75, 3.05) is 27.2 Å². The first-order valence-electron chi connectivity index (χ1n) is 6.32. The third kappa shape index (κ3) is 11.3. The molecule has 16 heavy (non-hydrogen) atoms. The maximum Gasteiger partial charge on any atom is 0.281 e. The van der Waals surface area contributed by atoms with E-state index in [1.165, 1.54) is 45.6 Å². The molecule has 0 unspecified atom stereocenters. The highest BCUT2D eigenvalue weighted by Crippen LogP contribution is 2.06. The molecular weight excluding hydrogens is 202 g/mol. The van der Waals surface area contributed by atoms with Crippen LogP contribution in [0.4, 0.5) is 0 Å². The SMILES string of the molecule is CNCCCCCCCCCNC(=N)OC. The minimum atomic E-state index is 0.173. The summed E-state index contributed by atoms with van der Waals surface area (Å²) < 4.78 is 4.70. The Kier molecular flexibility index (Phi) is 11.7. The summed E-state index contributed by atoms with van der Waals surface area (Å²) in [5, 5.41) is 13.3. The number of rotatable bonds is 10. The molecule has 4 nitrogen and oxygen atoms in total. The zero-order valence-electron chi connectivity index (χ0n) is 10.8. The molecule has 0 spiro atoms. The molecule has 0 aromatic rings. The van der Waals surface area contributed by atoms with E-state index < -0.39 is 0 Å². The van der Waals surface area contributed by atoms with Gasteiger partial charge in [0, 0.05) is 6.54 Å². The Balaban J connectivity index is 2.96. The molecule has 0 atom stereocenters. The fourth-order valence-corrected chi connectivity index (χ4v) is 1.58. The van der Waals surface area contributed by atoms with Crippen LogP contribution in [0.15, 0.2) is 0 Å². The molecule has 96 valence electrons. The van der Waals surface area contributed by atoms with E-state index in [0.717, 1.165) is 19.5 Å². The summed E-state index contributed by atoms with van der Waals surface area (Å²) >= 11 is 0. The van der Waals surface area contributed by atoms with Gasteiger partial charge < -0.3 is 15.4 Å². The van der Waals surface area contributed by atoms with Crippen molar-refractivity contribution in [1.29, 1.82) is 5.41 Å². The summed E-state index contributed by atoms with van der Waals surface area (Å²) in [4.78, 5) is 0. The Bertz CT molecular complexity index is 162. The Morgan fingerprint density at radius 1 is 0.938 bits per heavy atom. The maximum absolute atomic E-state index is 7.21. The lowest BCUT2D eigenvalue weighted by atomic mass is 10.1. The van der Waals surface area contributed by atoms with Crippen molar-refractivity contribution in [3.8, 4) is 0 Å². The van der Waals surface area contributed by atoms with Crippen LogP contribution in [0.1, 0.15) is 44.9 Å². The Morgan fingerprint density at radius 2 is 1.44 bits per heavy atom. The van der Waals surface area contributed by atoms with Gasteiger partial charge in [0.15, 0.2) is 0 Å². The van der Waals surface area contributed by atoms with Crippen LogP contribution >= 0.6 is 0 Å². The average molecular weight is 229 g/mol. The van der Waals surface area contributed by atoms with Crippen LogP contribution in [-0.4, -0.2) is 33.3 Å². The van der Waals surface area contributed by atoms with Crippen LogP contribution in [0.5, 0.6) is 0 Å². The van der Waals surface area contributed by atoms with Gasteiger partial charge >= 0.3 is 0 Å². The molecular formula is C12H27N3O. The average Bonchev–Trinajstić information content (AvgIpc) is 2.31. The molecule has 0 radical (unpaired) electrons. The van der Waals surface area contributed by atoms with E-state index >= 15 is 0 Å². The number of nitrogens with one attached hydrogen (secondary N) is 3. The topological polar surface area (TPSA) is 57.1 Å². The molecule has 0 aliphatic heterocycles. The second-order valence-corrected chi connectivity index (χ2v) is 4.04. The van der Waals surface area contributed by atoms with Crippen molar-refractivity contribution in [3.05, 3.63) is 0 Å². The second-order valence-electron chi connectivity index (χ2n) is 4.04. The van der Waals surface area contributed by atoms with Gasteiger partial charge in [-0.1, -0.05) is 32.1 Å².